The average molecular weight is 514 g/mol. The first kappa shape index (κ1) is 21.3. The molecule has 39 heavy (non-hydrogen) atoms. The van der Waals surface area contributed by atoms with Crippen molar-refractivity contribution in [1.29, 1.82) is 0 Å². The van der Waals surface area contributed by atoms with Gasteiger partial charge in [-0.3, -0.25) is 0 Å². The molecule has 1 nitrogen and oxygen atoms in total. The minimum atomic E-state index is -0.319. The molecule has 0 unspecified atom stereocenters. The topological polar surface area (TPSA) is 12.0 Å². The first-order chi connectivity index (χ1) is 19.4. The first-order valence-electron chi connectivity index (χ1n) is 13.5. The van der Waals surface area contributed by atoms with Crippen molar-refractivity contribution in [3.8, 4) is 22.3 Å². The predicted octanol–water partition coefficient (Wildman–Crippen LogP) is 10.1. The number of nitrogens with one attached hydrogen (secondary N) is 1. The van der Waals surface area contributed by atoms with Gasteiger partial charge in [0.2, 0.25) is 0 Å². The van der Waals surface area contributed by atoms with Gasteiger partial charge in [0, 0.05) is 26.7 Å². The van der Waals surface area contributed by atoms with E-state index < -0.39 is 0 Å². The van der Waals surface area contributed by atoms with Crippen molar-refractivity contribution in [2.24, 2.45) is 0 Å². The first-order valence-corrected chi connectivity index (χ1v) is 14.3. The molecule has 182 valence electrons. The highest BCUT2D eigenvalue weighted by atomic mass is 32.1. The molecule has 0 saturated heterocycles. The Morgan fingerprint density at radius 1 is 0.436 bits per heavy atom. The molecule has 2 heteroatoms. The number of benzene rings is 6. The monoisotopic (exact) mass is 513 g/mol. The molecule has 7 aromatic rings. The molecule has 2 aliphatic rings. The zero-order valence-electron chi connectivity index (χ0n) is 21.1. The van der Waals surface area contributed by atoms with Crippen LogP contribution in [0.3, 0.4) is 0 Å². The van der Waals surface area contributed by atoms with Crippen LogP contribution in [0.1, 0.15) is 22.3 Å². The van der Waals surface area contributed by atoms with Crippen LogP contribution < -0.4 is 5.32 Å². The number of rotatable bonds is 2. The molecule has 1 N–H and O–H groups in total. The summed E-state index contributed by atoms with van der Waals surface area (Å²) in [5.74, 6) is 0. The van der Waals surface area contributed by atoms with Gasteiger partial charge in [-0.15, -0.1) is 11.3 Å². The van der Waals surface area contributed by atoms with Gasteiger partial charge in [0.15, 0.2) is 0 Å². The fourth-order valence-corrected chi connectivity index (χ4v) is 8.41. The second-order valence-corrected chi connectivity index (χ2v) is 11.6. The third kappa shape index (κ3) is 2.64. The molecule has 0 fully saturated rings. The highest BCUT2D eigenvalue weighted by Gasteiger charge is 2.51. The molecule has 0 saturated carbocycles. The molecule has 0 amide bonds. The van der Waals surface area contributed by atoms with E-state index >= 15 is 0 Å². The Kier molecular flexibility index (Phi) is 4.20. The van der Waals surface area contributed by atoms with Gasteiger partial charge in [0.05, 0.1) is 15.8 Å². The minimum Gasteiger partial charge on any atom is -0.354 e. The lowest BCUT2D eigenvalue weighted by molar-refractivity contribution is 0.794. The van der Waals surface area contributed by atoms with Gasteiger partial charge in [-0.1, -0.05) is 115 Å². The summed E-state index contributed by atoms with van der Waals surface area (Å²) in [4.78, 5) is 0. The minimum absolute atomic E-state index is 0.319. The Hall–Kier alpha value is -4.66. The van der Waals surface area contributed by atoms with E-state index in [4.69, 9.17) is 0 Å². The molecule has 1 aromatic heterocycles. The van der Waals surface area contributed by atoms with Crippen molar-refractivity contribution in [2.75, 3.05) is 5.32 Å². The quantitative estimate of drug-likeness (QED) is 0.242. The third-order valence-electron chi connectivity index (χ3n) is 8.69. The summed E-state index contributed by atoms with van der Waals surface area (Å²) in [6.45, 7) is 0. The molecular weight excluding hydrogens is 490 g/mol. The molecule has 1 spiro atoms. The van der Waals surface area contributed by atoms with Gasteiger partial charge in [-0.25, -0.2) is 0 Å². The number of hydrogen-bond donors (Lipinski definition) is 1. The van der Waals surface area contributed by atoms with E-state index in [0.717, 1.165) is 11.4 Å². The van der Waals surface area contributed by atoms with Crippen molar-refractivity contribution >= 4 is 42.9 Å². The molecule has 9 rings (SSSR count). The average Bonchev–Trinajstić information content (AvgIpc) is 3.62. The summed E-state index contributed by atoms with van der Waals surface area (Å²) >= 11 is 1.86. The van der Waals surface area contributed by atoms with E-state index in [2.05, 4.69) is 139 Å². The SMILES string of the molecule is c1ccc2c(c1)-c1ccccc1C21c2ccccc2-c2c(Nc3cccc4c3sc3ccccc34)cccc21. The summed E-state index contributed by atoms with van der Waals surface area (Å²) in [7, 11) is 0. The molecular formula is C37H23NS. The standard InChI is InChI=1S/C37H23NS/c1-5-16-28-23(11-1)24-12-2-6-17-29(24)37(28)30-18-7-3-14-27(30)35-31(37)19-10-20-32(35)38-33-21-9-15-26-25-13-4-8-22-34(25)39-36(26)33/h1-22,38H. The van der Waals surface area contributed by atoms with E-state index in [-0.39, 0.29) is 5.41 Å². The summed E-state index contributed by atoms with van der Waals surface area (Å²) < 4.78 is 2.62. The lowest BCUT2D eigenvalue weighted by atomic mass is 9.70. The third-order valence-corrected chi connectivity index (χ3v) is 9.91. The lowest BCUT2D eigenvalue weighted by Crippen LogP contribution is -2.25. The molecule has 6 aromatic carbocycles. The Morgan fingerprint density at radius 3 is 1.74 bits per heavy atom. The number of hydrogen-bond acceptors (Lipinski definition) is 2. The van der Waals surface area contributed by atoms with Crippen molar-refractivity contribution < 1.29 is 0 Å². The maximum absolute atomic E-state index is 3.91. The van der Waals surface area contributed by atoms with Crippen LogP contribution in [0.2, 0.25) is 0 Å². The Labute approximate surface area is 231 Å². The van der Waals surface area contributed by atoms with Gasteiger partial charge >= 0.3 is 0 Å². The highest BCUT2D eigenvalue weighted by molar-refractivity contribution is 7.26. The van der Waals surface area contributed by atoms with Crippen molar-refractivity contribution in [2.45, 2.75) is 5.41 Å². The van der Waals surface area contributed by atoms with Crippen LogP contribution in [0.15, 0.2) is 133 Å². The zero-order chi connectivity index (χ0) is 25.6. The lowest BCUT2D eigenvalue weighted by Gasteiger charge is -2.30. The Bertz CT molecular complexity index is 2070. The van der Waals surface area contributed by atoms with E-state index in [1.165, 1.54) is 64.7 Å². The highest BCUT2D eigenvalue weighted by Crippen LogP contribution is 2.63. The van der Waals surface area contributed by atoms with Crippen LogP contribution in [0.4, 0.5) is 11.4 Å². The number of thiophene rings is 1. The van der Waals surface area contributed by atoms with E-state index in [1.807, 2.05) is 11.3 Å². The van der Waals surface area contributed by atoms with Gasteiger partial charge in [0.1, 0.15) is 0 Å². The van der Waals surface area contributed by atoms with Crippen LogP contribution in [0, 0.1) is 0 Å². The summed E-state index contributed by atoms with van der Waals surface area (Å²) in [6.07, 6.45) is 0. The van der Waals surface area contributed by atoms with Crippen molar-refractivity contribution in [3.63, 3.8) is 0 Å². The number of fused-ring (bicyclic) bond motifs is 13. The van der Waals surface area contributed by atoms with E-state index in [9.17, 15) is 0 Å². The van der Waals surface area contributed by atoms with E-state index in [1.54, 1.807) is 0 Å². The van der Waals surface area contributed by atoms with Crippen LogP contribution in [-0.2, 0) is 5.41 Å². The van der Waals surface area contributed by atoms with Crippen LogP contribution in [0.5, 0.6) is 0 Å². The van der Waals surface area contributed by atoms with Crippen molar-refractivity contribution in [3.05, 3.63) is 156 Å². The fourth-order valence-electron chi connectivity index (χ4n) is 7.24. The van der Waals surface area contributed by atoms with Crippen LogP contribution in [0.25, 0.3) is 42.4 Å². The number of anilines is 2. The molecule has 0 radical (unpaired) electrons. The van der Waals surface area contributed by atoms with Crippen molar-refractivity contribution in [1.82, 2.24) is 0 Å². The van der Waals surface area contributed by atoms with Gasteiger partial charge in [-0.2, -0.15) is 0 Å². The second kappa shape index (κ2) is 7.69. The maximum Gasteiger partial charge on any atom is 0.0726 e. The molecule has 0 atom stereocenters. The molecule has 2 aliphatic carbocycles. The smallest absolute Gasteiger partial charge is 0.0726 e. The van der Waals surface area contributed by atoms with Gasteiger partial charge in [0.25, 0.3) is 0 Å². The normalized spacial score (nSPS) is 13.8. The molecule has 1 heterocycles. The summed E-state index contributed by atoms with van der Waals surface area (Å²) in [5, 5.41) is 6.54. The van der Waals surface area contributed by atoms with Gasteiger partial charge < -0.3 is 5.32 Å². The summed E-state index contributed by atoms with van der Waals surface area (Å²) in [5.41, 5.74) is 12.8. The van der Waals surface area contributed by atoms with Crippen LogP contribution in [-0.4, -0.2) is 0 Å². The van der Waals surface area contributed by atoms with Gasteiger partial charge in [-0.05, 0) is 57.1 Å². The summed E-state index contributed by atoms with van der Waals surface area (Å²) in [6, 6.07) is 49.1. The predicted molar refractivity (Wildman–Crippen MR) is 165 cm³/mol. The maximum atomic E-state index is 3.91. The Morgan fingerprint density at radius 2 is 0.974 bits per heavy atom. The Balaban J connectivity index is 1.33. The molecule has 0 bridgehead atoms. The fraction of sp³-hybridized carbons (Fsp3) is 0.0270. The molecule has 0 aliphatic heterocycles. The van der Waals surface area contributed by atoms with Crippen LogP contribution >= 0.6 is 11.3 Å². The van der Waals surface area contributed by atoms with E-state index in [0.29, 0.717) is 0 Å². The zero-order valence-corrected chi connectivity index (χ0v) is 21.9. The second-order valence-electron chi connectivity index (χ2n) is 10.5. The largest absolute Gasteiger partial charge is 0.354 e.